The van der Waals surface area contributed by atoms with E-state index in [9.17, 15) is 13.2 Å². The largest absolute Gasteiger partial charge is 0.370 e. The summed E-state index contributed by atoms with van der Waals surface area (Å²) in [5, 5.41) is 0.211. The first kappa shape index (κ1) is 27.6. The number of benzene rings is 1. The first-order chi connectivity index (χ1) is 16.2. The lowest BCUT2D eigenvalue weighted by Gasteiger charge is -2.36. The molecule has 1 atom stereocenters. The van der Waals surface area contributed by atoms with Gasteiger partial charge in [0, 0.05) is 38.8 Å². The second-order valence-corrected chi connectivity index (χ2v) is 11.9. The normalized spacial score (nSPS) is 20.7. The molecule has 1 amide bonds. The SMILES string of the molecule is CN(C)CCCN1CCN(C(=O)COCC2CCCCN2S(=O)(=O)c2c(Cl)cccc2Cl)CC1. The zero-order valence-electron chi connectivity index (χ0n) is 20.1. The fourth-order valence-corrected chi connectivity index (χ4v) is 7.28. The molecule has 1 aromatic carbocycles. The zero-order valence-corrected chi connectivity index (χ0v) is 22.4. The van der Waals surface area contributed by atoms with E-state index in [1.807, 2.05) is 4.90 Å². The summed E-state index contributed by atoms with van der Waals surface area (Å²) >= 11 is 12.4. The molecule has 1 aromatic rings. The first-order valence-electron chi connectivity index (χ1n) is 11.9. The highest BCUT2D eigenvalue weighted by Crippen LogP contribution is 2.34. The van der Waals surface area contributed by atoms with E-state index in [1.54, 1.807) is 6.07 Å². The maximum Gasteiger partial charge on any atom is 0.248 e. The number of ether oxygens (including phenoxy) is 1. The lowest BCUT2D eigenvalue weighted by molar-refractivity contribution is -0.138. The second-order valence-electron chi connectivity index (χ2n) is 9.21. The predicted octanol–water partition coefficient (Wildman–Crippen LogP) is 2.65. The summed E-state index contributed by atoms with van der Waals surface area (Å²) in [6.07, 6.45) is 3.45. The molecule has 192 valence electrons. The van der Waals surface area contributed by atoms with Crippen LogP contribution in [-0.4, -0.2) is 112 Å². The molecule has 2 saturated heterocycles. The summed E-state index contributed by atoms with van der Waals surface area (Å²) in [6, 6.07) is 4.32. The second kappa shape index (κ2) is 12.9. The Morgan fingerprint density at radius 1 is 1.09 bits per heavy atom. The van der Waals surface area contributed by atoms with E-state index in [4.69, 9.17) is 27.9 Å². The average Bonchev–Trinajstić information content (AvgIpc) is 2.79. The van der Waals surface area contributed by atoms with E-state index in [2.05, 4.69) is 23.9 Å². The first-order valence-corrected chi connectivity index (χ1v) is 14.1. The molecule has 0 spiro atoms. The van der Waals surface area contributed by atoms with Crippen LogP contribution >= 0.6 is 23.2 Å². The Hall–Kier alpha value is -0.940. The van der Waals surface area contributed by atoms with Crippen molar-refractivity contribution in [3.8, 4) is 0 Å². The highest BCUT2D eigenvalue weighted by molar-refractivity contribution is 7.89. The van der Waals surface area contributed by atoms with Crippen LogP contribution < -0.4 is 0 Å². The molecule has 0 aliphatic carbocycles. The minimum atomic E-state index is -3.88. The van der Waals surface area contributed by atoms with Gasteiger partial charge in [-0.3, -0.25) is 9.69 Å². The van der Waals surface area contributed by atoms with Gasteiger partial charge in [-0.05, 0) is 58.6 Å². The van der Waals surface area contributed by atoms with Crippen LogP contribution in [0.5, 0.6) is 0 Å². The third kappa shape index (κ3) is 7.29. The molecule has 3 rings (SSSR count). The highest BCUT2D eigenvalue weighted by Gasteiger charge is 2.36. The Bertz CT molecular complexity index is 903. The van der Waals surface area contributed by atoms with Crippen molar-refractivity contribution in [2.75, 3.05) is 73.1 Å². The van der Waals surface area contributed by atoms with Crippen molar-refractivity contribution in [1.82, 2.24) is 19.0 Å². The van der Waals surface area contributed by atoms with E-state index in [1.165, 1.54) is 16.4 Å². The van der Waals surface area contributed by atoms with E-state index >= 15 is 0 Å². The summed E-state index contributed by atoms with van der Waals surface area (Å²) in [6.45, 7) is 5.72. The standard InChI is InChI=1S/C23H36Cl2N4O4S/c1-26(2)10-6-11-27-13-15-28(16-14-27)22(30)18-33-17-19-7-3-4-12-29(19)34(31,32)23-20(24)8-5-9-21(23)25/h5,8-9,19H,3-4,6-7,10-18H2,1-2H3. The number of piperazine rings is 1. The zero-order chi connectivity index (χ0) is 24.7. The number of piperidine rings is 1. The highest BCUT2D eigenvalue weighted by atomic mass is 35.5. The minimum absolute atomic E-state index is 0.0438. The van der Waals surface area contributed by atoms with Gasteiger partial charge in [0.25, 0.3) is 0 Å². The summed E-state index contributed by atoms with van der Waals surface area (Å²) in [7, 11) is 0.270. The Kier molecular flexibility index (Phi) is 10.4. The summed E-state index contributed by atoms with van der Waals surface area (Å²) in [5.41, 5.74) is 0. The van der Waals surface area contributed by atoms with Gasteiger partial charge in [0.15, 0.2) is 0 Å². The van der Waals surface area contributed by atoms with Crippen molar-refractivity contribution in [2.24, 2.45) is 0 Å². The monoisotopic (exact) mass is 534 g/mol. The van der Waals surface area contributed by atoms with Crippen LogP contribution in [0.15, 0.2) is 23.1 Å². The third-order valence-electron chi connectivity index (χ3n) is 6.40. The molecule has 0 bridgehead atoms. The summed E-state index contributed by atoms with van der Waals surface area (Å²) in [5.74, 6) is -0.0488. The fraction of sp³-hybridized carbons (Fsp3) is 0.696. The smallest absolute Gasteiger partial charge is 0.248 e. The molecule has 2 aliphatic heterocycles. The summed E-state index contributed by atoms with van der Waals surface area (Å²) < 4.78 is 33.9. The van der Waals surface area contributed by atoms with Gasteiger partial charge in [-0.1, -0.05) is 35.7 Å². The van der Waals surface area contributed by atoms with Crippen LogP contribution in [0.3, 0.4) is 0 Å². The van der Waals surface area contributed by atoms with Gasteiger partial charge < -0.3 is 14.5 Å². The van der Waals surface area contributed by atoms with Crippen molar-refractivity contribution in [3.63, 3.8) is 0 Å². The van der Waals surface area contributed by atoms with E-state index in [0.717, 1.165) is 45.4 Å². The van der Waals surface area contributed by atoms with Crippen molar-refractivity contribution in [1.29, 1.82) is 0 Å². The Morgan fingerprint density at radius 2 is 1.76 bits per heavy atom. The molecule has 0 radical (unpaired) electrons. The molecule has 11 heteroatoms. The number of hydrogen-bond acceptors (Lipinski definition) is 6. The number of halogens is 2. The molecule has 2 aliphatic rings. The molecule has 0 N–H and O–H groups in total. The van der Waals surface area contributed by atoms with Gasteiger partial charge in [-0.2, -0.15) is 4.31 Å². The molecule has 0 aromatic heterocycles. The van der Waals surface area contributed by atoms with E-state index in [0.29, 0.717) is 26.1 Å². The van der Waals surface area contributed by atoms with Crippen LogP contribution in [0.1, 0.15) is 25.7 Å². The summed E-state index contributed by atoms with van der Waals surface area (Å²) in [4.78, 5) is 19.0. The minimum Gasteiger partial charge on any atom is -0.370 e. The van der Waals surface area contributed by atoms with Crippen LogP contribution in [0.4, 0.5) is 0 Å². The van der Waals surface area contributed by atoms with Gasteiger partial charge in [-0.15, -0.1) is 0 Å². The average molecular weight is 536 g/mol. The van der Waals surface area contributed by atoms with Crippen molar-refractivity contribution in [3.05, 3.63) is 28.2 Å². The number of rotatable bonds is 10. The number of nitrogens with zero attached hydrogens (tertiary/aromatic N) is 4. The van der Waals surface area contributed by atoms with Crippen molar-refractivity contribution >= 4 is 39.1 Å². The van der Waals surface area contributed by atoms with Crippen LogP contribution in [0.25, 0.3) is 0 Å². The van der Waals surface area contributed by atoms with Crippen LogP contribution in [0, 0.1) is 0 Å². The van der Waals surface area contributed by atoms with Crippen LogP contribution in [-0.2, 0) is 19.6 Å². The lowest BCUT2D eigenvalue weighted by atomic mass is 10.1. The maximum atomic E-state index is 13.3. The van der Waals surface area contributed by atoms with E-state index in [-0.39, 0.29) is 40.1 Å². The quantitative estimate of drug-likeness (QED) is 0.459. The number of amides is 1. The van der Waals surface area contributed by atoms with Crippen molar-refractivity contribution in [2.45, 2.75) is 36.6 Å². The topological polar surface area (TPSA) is 73.4 Å². The van der Waals surface area contributed by atoms with E-state index < -0.39 is 10.0 Å². The van der Waals surface area contributed by atoms with Crippen LogP contribution in [0.2, 0.25) is 10.0 Å². The molecule has 1 unspecified atom stereocenters. The number of sulfonamides is 1. The number of hydrogen-bond donors (Lipinski definition) is 0. The van der Waals surface area contributed by atoms with Gasteiger partial charge in [0.1, 0.15) is 11.5 Å². The Balaban J connectivity index is 1.49. The molecule has 2 heterocycles. The molecule has 0 saturated carbocycles. The molecular formula is C23H36Cl2N4O4S. The lowest BCUT2D eigenvalue weighted by Crippen LogP contribution is -2.50. The Morgan fingerprint density at radius 3 is 2.41 bits per heavy atom. The molecule has 34 heavy (non-hydrogen) atoms. The molecular weight excluding hydrogens is 499 g/mol. The third-order valence-corrected chi connectivity index (χ3v) is 9.31. The maximum absolute atomic E-state index is 13.3. The van der Waals surface area contributed by atoms with Crippen molar-refractivity contribution < 1.29 is 17.9 Å². The van der Waals surface area contributed by atoms with Gasteiger partial charge >= 0.3 is 0 Å². The fourth-order valence-electron chi connectivity index (χ4n) is 4.51. The molecule has 8 nitrogen and oxygen atoms in total. The van der Waals surface area contributed by atoms with Gasteiger partial charge in [0.05, 0.1) is 16.7 Å². The van der Waals surface area contributed by atoms with Gasteiger partial charge in [-0.25, -0.2) is 8.42 Å². The van der Waals surface area contributed by atoms with Gasteiger partial charge in [0.2, 0.25) is 15.9 Å². The Labute approximate surface area is 213 Å². The predicted molar refractivity (Wildman–Crippen MR) is 135 cm³/mol. The number of carbonyl (C=O) groups excluding carboxylic acids is 1. The number of carbonyl (C=O) groups is 1. The molecule has 2 fully saturated rings.